The molecular formula is C15H24N2O2S. The van der Waals surface area contributed by atoms with Crippen LogP contribution in [0.1, 0.15) is 42.4 Å². The lowest BCUT2D eigenvalue weighted by Crippen LogP contribution is -2.43. The monoisotopic (exact) mass is 296 g/mol. The maximum atomic E-state index is 11.8. The lowest BCUT2D eigenvalue weighted by Gasteiger charge is -2.27. The molecule has 0 radical (unpaired) electrons. The number of hydrogen-bond acceptors (Lipinski definition) is 3. The molecule has 20 heavy (non-hydrogen) atoms. The van der Waals surface area contributed by atoms with Gasteiger partial charge in [-0.3, -0.25) is 0 Å². The highest BCUT2D eigenvalue weighted by Crippen LogP contribution is 2.23. The van der Waals surface area contributed by atoms with E-state index in [0.29, 0.717) is 12.5 Å². The molecule has 1 fully saturated rings. The summed E-state index contributed by atoms with van der Waals surface area (Å²) in [6, 6.07) is 4.38. The van der Waals surface area contributed by atoms with E-state index in [1.165, 1.54) is 9.75 Å². The molecule has 0 spiro atoms. The van der Waals surface area contributed by atoms with Gasteiger partial charge in [0.15, 0.2) is 0 Å². The molecule has 5 heteroatoms. The first-order chi connectivity index (χ1) is 9.71. The van der Waals surface area contributed by atoms with Crippen molar-refractivity contribution in [3.8, 4) is 0 Å². The Morgan fingerprint density at radius 2 is 2.00 bits per heavy atom. The average molecular weight is 296 g/mol. The molecule has 1 aromatic rings. The lowest BCUT2D eigenvalue weighted by atomic mass is 9.87. The van der Waals surface area contributed by atoms with E-state index in [1.807, 2.05) is 0 Å². The molecule has 1 aromatic heterocycles. The van der Waals surface area contributed by atoms with Crippen LogP contribution >= 0.6 is 11.3 Å². The van der Waals surface area contributed by atoms with Crippen molar-refractivity contribution in [1.29, 1.82) is 0 Å². The van der Waals surface area contributed by atoms with Crippen LogP contribution in [0.4, 0.5) is 4.79 Å². The quantitative estimate of drug-likeness (QED) is 0.782. The van der Waals surface area contributed by atoms with E-state index in [0.717, 1.165) is 32.1 Å². The van der Waals surface area contributed by atoms with Crippen LogP contribution in [-0.4, -0.2) is 23.8 Å². The van der Waals surface area contributed by atoms with Gasteiger partial charge in [0.05, 0.1) is 6.54 Å². The first kappa shape index (κ1) is 15.3. The first-order valence-electron chi connectivity index (χ1n) is 7.44. The molecule has 0 aliphatic heterocycles. The fraction of sp³-hybridized carbons (Fsp3) is 0.667. The number of nitrogens with one attached hydrogen (secondary N) is 2. The van der Waals surface area contributed by atoms with Gasteiger partial charge in [-0.2, -0.15) is 0 Å². The molecule has 0 bridgehead atoms. The van der Waals surface area contributed by atoms with Gasteiger partial charge in [-0.1, -0.05) is 6.92 Å². The third-order valence-electron chi connectivity index (χ3n) is 3.93. The van der Waals surface area contributed by atoms with E-state index in [-0.39, 0.29) is 18.7 Å². The van der Waals surface area contributed by atoms with Gasteiger partial charge >= 0.3 is 6.03 Å². The van der Waals surface area contributed by atoms with E-state index in [2.05, 4.69) is 29.7 Å². The minimum Gasteiger partial charge on any atom is -0.396 e. The highest BCUT2D eigenvalue weighted by atomic mass is 32.1. The van der Waals surface area contributed by atoms with Crippen LogP contribution in [-0.2, 0) is 13.0 Å². The van der Waals surface area contributed by atoms with E-state index < -0.39 is 0 Å². The zero-order valence-electron chi connectivity index (χ0n) is 12.0. The van der Waals surface area contributed by atoms with Crippen molar-refractivity contribution in [1.82, 2.24) is 10.6 Å². The van der Waals surface area contributed by atoms with Gasteiger partial charge in [0.1, 0.15) is 0 Å². The summed E-state index contributed by atoms with van der Waals surface area (Å²) in [5, 5.41) is 15.0. The number of carbonyl (C=O) groups excluding carboxylic acids is 1. The van der Waals surface area contributed by atoms with Gasteiger partial charge < -0.3 is 15.7 Å². The van der Waals surface area contributed by atoms with Crippen LogP contribution in [0, 0.1) is 5.92 Å². The van der Waals surface area contributed by atoms with Crippen molar-refractivity contribution in [2.24, 2.45) is 5.92 Å². The Bertz CT molecular complexity index is 425. The fourth-order valence-corrected chi connectivity index (χ4v) is 3.50. The van der Waals surface area contributed by atoms with Crippen molar-refractivity contribution in [2.45, 2.75) is 51.6 Å². The van der Waals surface area contributed by atoms with Gasteiger partial charge in [-0.05, 0) is 50.2 Å². The second-order valence-electron chi connectivity index (χ2n) is 5.45. The highest BCUT2D eigenvalue weighted by molar-refractivity contribution is 7.11. The summed E-state index contributed by atoms with van der Waals surface area (Å²) in [6.07, 6.45) is 5.00. The molecule has 112 valence electrons. The van der Waals surface area contributed by atoms with Gasteiger partial charge in [-0.15, -0.1) is 11.3 Å². The molecule has 4 nitrogen and oxygen atoms in total. The minimum absolute atomic E-state index is 0.0797. The second-order valence-corrected chi connectivity index (χ2v) is 6.70. The number of aliphatic hydroxyl groups is 1. The van der Waals surface area contributed by atoms with Gasteiger partial charge in [-0.25, -0.2) is 4.79 Å². The van der Waals surface area contributed by atoms with Gasteiger partial charge in [0.25, 0.3) is 0 Å². The Labute approximate surface area is 124 Å². The zero-order valence-corrected chi connectivity index (χ0v) is 12.8. The number of urea groups is 1. The van der Waals surface area contributed by atoms with Crippen molar-refractivity contribution >= 4 is 17.4 Å². The molecule has 1 heterocycles. The largest absolute Gasteiger partial charge is 0.396 e. The second kappa shape index (κ2) is 7.64. The SMILES string of the molecule is CCc1ccc(CNC(=O)NC2CCC(CO)CC2)s1. The zero-order chi connectivity index (χ0) is 14.4. The summed E-state index contributed by atoms with van der Waals surface area (Å²) in [4.78, 5) is 14.4. The summed E-state index contributed by atoms with van der Waals surface area (Å²) in [5.74, 6) is 0.426. The number of amides is 2. The molecule has 2 amide bonds. The van der Waals surface area contributed by atoms with Crippen LogP contribution in [0.3, 0.4) is 0 Å². The first-order valence-corrected chi connectivity index (χ1v) is 8.25. The summed E-state index contributed by atoms with van der Waals surface area (Å²) in [6.45, 7) is 3.01. The molecule has 0 unspecified atom stereocenters. The van der Waals surface area contributed by atoms with Crippen molar-refractivity contribution in [3.05, 3.63) is 21.9 Å². The number of aliphatic hydroxyl groups excluding tert-OH is 1. The number of thiophene rings is 1. The van der Waals surface area contributed by atoms with E-state index >= 15 is 0 Å². The molecule has 1 saturated carbocycles. The molecule has 0 aromatic carbocycles. The minimum atomic E-state index is -0.0797. The predicted molar refractivity (Wildman–Crippen MR) is 81.9 cm³/mol. The molecule has 3 N–H and O–H groups in total. The van der Waals surface area contributed by atoms with E-state index in [9.17, 15) is 4.79 Å². The summed E-state index contributed by atoms with van der Waals surface area (Å²) < 4.78 is 0. The summed E-state index contributed by atoms with van der Waals surface area (Å²) >= 11 is 1.75. The molecular weight excluding hydrogens is 272 g/mol. The van der Waals surface area contributed by atoms with Crippen LogP contribution in [0.5, 0.6) is 0 Å². The molecule has 1 aliphatic carbocycles. The van der Waals surface area contributed by atoms with E-state index in [1.54, 1.807) is 11.3 Å². The molecule has 0 atom stereocenters. The smallest absolute Gasteiger partial charge is 0.315 e. The summed E-state index contributed by atoms with van der Waals surface area (Å²) in [5.41, 5.74) is 0. The van der Waals surface area contributed by atoms with Crippen molar-refractivity contribution < 1.29 is 9.90 Å². The van der Waals surface area contributed by atoms with Crippen LogP contribution < -0.4 is 10.6 Å². The Morgan fingerprint density at radius 1 is 1.30 bits per heavy atom. The summed E-state index contributed by atoms with van der Waals surface area (Å²) in [7, 11) is 0. The van der Waals surface area contributed by atoms with Crippen LogP contribution in [0.2, 0.25) is 0 Å². The standard InChI is InChI=1S/C15H24N2O2S/c1-2-13-7-8-14(20-13)9-16-15(19)17-12-5-3-11(10-18)4-6-12/h7-8,11-12,18H,2-6,9-10H2,1H3,(H2,16,17,19). The van der Waals surface area contributed by atoms with Crippen molar-refractivity contribution in [2.75, 3.05) is 6.61 Å². The third-order valence-corrected chi connectivity index (χ3v) is 5.16. The maximum Gasteiger partial charge on any atom is 0.315 e. The number of carbonyl (C=O) groups is 1. The molecule has 0 saturated heterocycles. The third kappa shape index (κ3) is 4.49. The average Bonchev–Trinajstić information content (AvgIpc) is 2.94. The predicted octanol–water partition coefficient (Wildman–Crippen LogP) is 2.66. The Balaban J connectivity index is 1.68. The Morgan fingerprint density at radius 3 is 2.60 bits per heavy atom. The van der Waals surface area contributed by atoms with Gasteiger partial charge in [0, 0.05) is 22.4 Å². The lowest BCUT2D eigenvalue weighted by molar-refractivity contribution is 0.174. The number of rotatable bonds is 5. The topological polar surface area (TPSA) is 61.4 Å². The van der Waals surface area contributed by atoms with Crippen LogP contribution in [0.15, 0.2) is 12.1 Å². The van der Waals surface area contributed by atoms with Crippen LogP contribution in [0.25, 0.3) is 0 Å². The van der Waals surface area contributed by atoms with Gasteiger partial charge in [0.2, 0.25) is 0 Å². The fourth-order valence-electron chi connectivity index (χ4n) is 2.60. The Kier molecular flexibility index (Phi) is 5.86. The van der Waals surface area contributed by atoms with E-state index in [4.69, 9.17) is 5.11 Å². The molecule has 2 rings (SSSR count). The highest BCUT2D eigenvalue weighted by Gasteiger charge is 2.21. The Hall–Kier alpha value is -1.07. The normalized spacial score (nSPS) is 22.5. The van der Waals surface area contributed by atoms with Crippen molar-refractivity contribution in [3.63, 3.8) is 0 Å². The molecule has 1 aliphatic rings. The maximum absolute atomic E-state index is 11.8. The number of aryl methyl sites for hydroxylation is 1. The number of hydrogen-bond donors (Lipinski definition) is 3.